The maximum Gasteiger partial charge on any atom is 0.244 e. The van der Waals surface area contributed by atoms with E-state index < -0.39 is 25.2 Å². The van der Waals surface area contributed by atoms with Crippen LogP contribution in [-0.2, 0) is 33.5 Å². The van der Waals surface area contributed by atoms with E-state index in [0.717, 1.165) is 26.3 Å². The second kappa shape index (κ2) is 14.8. The molecule has 0 amide bonds. The molecule has 3 heterocycles. The summed E-state index contributed by atoms with van der Waals surface area (Å²) < 4.78 is 85.6. The molecule has 0 fully saturated rings. The van der Waals surface area contributed by atoms with Crippen molar-refractivity contribution < 1.29 is 35.8 Å². The van der Waals surface area contributed by atoms with Gasteiger partial charge in [-0.15, -0.1) is 0 Å². The monoisotopic (exact) mass is 780 g/mol. The van der Waals surface area contributed by atoms with Crippen LogP contribution in [0.25, 0.3) is 33.2 Å². The van der Waals surface area contributed by atoms with Gasteiger partial charge in [-0.2, -0.15) is 4.31 Å². The first-order valence-electron chi connectivity index (χ1n) is 17.2. The third-order valence-electron chi connectivity index (χ3n) is 9.69. The highest BCUT2D eigenvalue weighted by atomic mass is 32.2. The number of nitrogens with one attached hydrogen (secondary N) is 1. The van der Waals surface area contributed by atoms with Crippen LogP contribution >= 0.6 is 0 Å². The molecule has 1 unspecified atom stereocenters. The smallest absolute Gasteiger partial charge is 0.244 e. The molecular formula is C41H40N4O8S2. The third-order valence-corrected chi connectivity index (χ3v) is 13.7. The van der Waals surface area contributed by atoms with E-state index in [-0.39, 0.29) is 21.9 Å². The minimum absolute atomic E-state index is 0.0473. The number of hydrogen-bond donors (Lipinski definition) is 1. The number of aromatic amines is 1. The van der Waals surface area contributed by atoms with Gasteiger partial charge in [-0.25, -0.2) is 21.8 Å². The fraction of sp³-hybridized carbons (Fsp3) is 0.195. The van der Waals surface area contributed by atoms with Gasteiger partial charge in [-0.05, 0) is 61.0 Å². The van der Waals surface area contributed by atoms with Gasteiger partial charge >= 0.3 is 0 Å². The van der Waals surface area contributed by atoms with E-state index in [9.17, 15) is 8.42 Å². The second-order valence-electron chi connectivity index (χ2n) is 13.0. The molecule has 4 aromatic carbocycles. The molecule has 14 heteroatoms. The van der Waals surface area contributed by atoms with Crippen molar-refractivity contribution in [3.63, 3.8) is 0 Å². The van der Waals surface area contributed by atoms with Gasteiger partial charge in [-0.3, -0.25) is 0 Å². The van der Waals surface area contributed by atoms with Gasteiger partial charge in [0.15, 0.2) is 26.7 Å². The van der Waals surface area contributed by atoms with E-state index in [0.29, 0.717) is 45.3 Å². The number of aromatic nitrogens is 3. The summed E-state index contributed by atoms with van der Waals surface area (Å²) in [4.78, 5) is 7.84. The molecule has 12 nitrogen and oxygen atoms in total. The van der Waals surface area contributed by atoms with Gasteiger partial charge in [0, 0.05) is 65.7 Å². The normalized spacial score (nSPS) is 12.6. The number of rotatable bonds is 13. The number of nitrogens with zero attached hydrogens (tertiary/aromatic N) is 3. The first-order valence-corrected chi connectivity index (χ1v) is 20.2. The molecule has 1 N–H and O–H groups in total. The van der Waals surface area contributed by atoms with Crippen molar-refractivity contribution >= 4 is 41.8 Å². The number of H-pyrrole nitrogens is 1. The lowest BCUT2D eigenvalue weighted by atomic mass is 10.1. The van der Waals surface area contributed by atoms with Crippen LogP contribution < -0.4 is 18.9 Å². The molecule has 55 heavy (non-hydrogen) atoms. The summed E-state index contributed by atoms with van der Waals surface area (Å²) in [5, 5.41) is -0.499. The maximum absolute atomic E-state index is 15.2. The Balaban J connectivity index is 1.50. The number of fused-ring (bicyclic) bond motifs is 2. The van der Waals surface area contributed by atoms with E-state index in [4.69, 9.17) is 18.9 Å². The molecule has 0 radical (unpaired) electrons. The van der Waals surface area contributed by atoms with E-state index in [2.05, 4.69) is 9.97 Å². The lowest BCUT2D eigenvalue weighted by molar-refractivity contribution is 0.355. The van der Waals surface area contributed by atoms with Crippen molar-refractivity contribution in [2.45, 2.75) is 28.6 Å². The van der Waals surface area contributed by atoms with Gasteiger partial charge < -0.3 is 28.5 Å². The summed E-state index contributed by atoms with van der Waals surface area (Å²) in [6, 6.07) is 26.3. The van der Waals surface area contributed by atoms with Crippen LogP contribution in [0.4, 0.5) is 0 Å². The number of pyridine rings is 1. The van der Waals surface area contributed by atoms with E-state index >= 15 is 8.42 Å². The Kier molecular flexibility index (Phi) is 10.1. The minimum Gasteiger partial charge on any atom is -0.497 e. The van der Waals surface area contributed by atoms with Gasteiger partial charge in [0.1, 0.15) is 17.1 Å². The predicted molar refractivity (Wildman–Crippen MR) is 211 cm³/mol. The molecule has 0 spiro atoms. The first-order chi connectivity index (χ1) is 26.4. The van der Waals surface area contributed by atoms with Gasteiger partial charge in [0.05, 0.1) is 43.7 Å². The summed E-state index contributed by atoms with van der Waals surface area (Å²) in [6.07, 6.45) is 3.42. The van der Waals surface area contributed by atoms with Gasteiger partial charge in [0.2, 0.25) is 10.0 Å². The molecule has 0 aliphatic heterocycles. The zero-order chi connectivity index (χ0) is 39.1. The van der Waals surface area contributed by atoms with Gasteiger partial charge in [-0.1, -0.05) is 42.0 Å². The number of benzene rings is 4. The highest BCUT2D eigenvalue weighted by Gasteiger charge is 2.43. The van der Waals surface area contributed by atoms with Crippen LogP contribution in [0, 0.1) is 6.92 Å². The van der Waals surface area contributed by atoms with Gasteiger partial charge in [0.25, 0.3) is 0 Å². The molecule has 0 saturated heterocycles. The molecule has 3 aromatic heterocycles. The quantitative estimate of drug-likeness (QED) is 0.126. The number of sulfonamides is 1. The van der Waals surface area contributed by atoms with Crippen molar-refractivity contribution in [1.82, 2.24) is 18.8 Å². The van der Waals surface area contributed by atoms with Crippen molar-refractivity contribution in [2.75, 3.05) is 28.4 Å². The molecule has 0 saturated carbocycles. The Morgan fingerprint density at radius 3 is 2.11 bits per heavy atom. The standard InChI is InChI=1S/C41H40N4O8S2/c1-26-12-16-29(17-13-26)54(46,47)41(45(55(48,49)30-10-8-7-9-11-30)24-27-14-15-28(50-3)20-37(27)51-4)31-18-19-42-40-33(31)21-35(43-40)34-25-44(2)36-23-39(53-6)38(52-5)22-32(34)36/h7-23,25,41H,24H2,1-6H3,(H,42,43). The summed E-state index contributed by atoms with van der Waals surface area (Å²) in [5.41, 5.74) is 4.14. The molecule has 1 atom stereocenters. The Bertz CT molecular complexity index is 2750. The summed E-state index contributed by atoms with van der Waals surface area (Å²) in [5.74, 6) is 1.92. The summed E-state index contributed by atoms with van der Waals surface area (Å²) in [7, 11) is -1.01. The SMILES string of the molecule is COc1ccc(CN(C(c2ccnc3[nH]c(-c4cn(C)c5cc(OC)c(OC)cc45)cc23)S(=O)(=O)c2ccc(C)cc2)S(=O)(=O)c2ccccc2)c(OC)c1. The van der Waals surface area contributed by atoms with Crippen molar-refractivity contribution in [1.29, 1.82) is 0 Å². The zero-order valence-electron chi connectivity index (χ0n) is 31.1. The van der Waals surface area contributed by atoms with Crippen LogP contribution in [0.1, 0.15) is 22.1 Å². The van der Waals surface area contributed by atoms with E-state index in [1.807, 2.05) is 42.9 Å². The predicted octanol–water partition coefficient (Wildman–Crippen LogP) is 7.43. The average molecular weight is 781 g/mol. The van der Waals surface area contributed by atoms with Crippen LogP contribution in [0.15, 0.2) is 119 Å². The highest BCUT2D eigenvalue weighted by Crippen LogP contribution is 2.43. The van der Waals surface area contributed by atoms with Crippen LogP contribution in [0.5, 0.6) is 23.0 Å². The lowest BCUT2D eigenvalue weighted by Crippen LogP contribution is -2.39. The summed E-state index contributed by atoms with van der Waals surface area (Å²) >= 11 is 0. The third kappa shape index (κ3) is 6.77. The van der Waals surface area contributed by atoms with Crippen molar-refractivity contribution in [3.05, 3.63) is 126 Å². The Hall–Kier alpha value is -5.83. The number of sulfone groups is 1. The molecule has 0 bridgehead atoms. The number of hydrogen-bond acceptors (Lipinski definition) is 9. The van der Waals surface area contributed by atoms with E-state index in [1.165, 1.54) is 44.7 Å². The lowest BCUT2D eigenvalue weighted by Gasteiger charge is -2.32. The Morgan fingerprint density at radius 2 is 1.44 bits per heavy atom. The highest BCUT2D eigenvalue weighted by molar-refractivity contribution is 7.94. The largest absolute Gasteiger partial charge is 0.497 e. The van der Waals surface area contributed by atoms with E-state index in [1.54, 1.807) is 68.8 Å². The molecule has 7 aromatic rings. The zero-order valence-corrected chi connectivity index (χ0v) is 32.7. The van der Waals surface area contributed by atoms with Crippen LogP contribution in [0.3, 0.4) is 0 Å². The summed E-state index contributed by atoms with van der Waals surface area (Å²) in [6.45, 7) is 1.48. The Labute approximate surface area is 319 Å². The van der Waals surface area contributed by atoms with Crippen LogP contribution in [-0.4, -0.2) is 64.1 Å². The number of aryl methyl sites for hydroxylation is 2. The molecular weight excluding hydrogens is 741 g/mol. The average Bonchev–Trinajstić information content (AvgIpc) is 3.78. The number of ether oxygens (including phenoxy) is 4. The fourth-order valence-corrected chi connectivity index (χ4v) is 10.7. The second-order valence-corrected chi connectivity index (χ2v) is 16.9. The van der Waals surface area contributed by atoms with Crippen molar-refractivity contribution in [3.8, 4) is 34.3 Å². The van der Waals surface area contributed by atoms with Crippen molar-refractivity contribution in [2.24, 2.45) is 7.05 Å². The molecule has 0 aliphatic rings. The van der Waals surface area contributed by atoms with Crippen LogP contribution in [0.2, 0.25) is 0 Å². The minimum atomic E-state index is -4.53. The molecule has 0 aliphatic carbocycles. The molecule has 7 rings (SSSR count). The number of methoxy groups -OCH3 is 4. The Morgan fingerprint density at radius 1 is 0.745 bits per heavy atom. The fourth-order valence-electron chi connectivity index (χ4n) is 6.84. The topological polar surface area (TPSA) is 142 Å². The maximum atomic E-state index is 15.2. The first kappa shape index (κ1) is 37.5. The molecule has 284 valence electrons.